The van der Waals surface area contributed by atoms with Gasteiger partial charge in [0.1, 0.15) is 23.0 Å². The smallest absolute Gasteiger partial charge is 0.256 e. The lowest BCUT2D eigenvalue weighted by Crippen LogP contribution is -2.63. The Labute approximate surface area is 476 Å². The number of para-hydroxylation sites is 8. The fraction of sp³-hybridized carbons (Fsp3) is 0. The third kappa shape index (κ3) is 7.11. The van der Waals surface area contributed by atoms with E-state index >= 15 is 0 Å². The van der Waals surface area contributed by atoms with Gasteiger partial charge in [-0.05, 0) is 165 Å². The van der Waals surface area contributed by atoms with Crippen LogP contribution in [0.25, 0.3) is 21.5 Å². The Morgan fingerprint density at radius 2 is 0.610 bits per heavy atom. The predicted octanol–water partition coefficient (Wildman–Crippen LogP) is 15.7. The van der Waals surface area contributed by atoms with Gasteiger partial charge >= 0.3 is 0 Å². The Balaban J connectivity index is 0.888. The van der Waals surface area contributed by atoms with Crippen molar-refractivity contribution in [3.8, 4) is 23.0 Å². The molecular weight excluding hydrogens is 998 g/mol. The molecule has 13 aromatic rings. The fourth-order valence-corrected chi connectivity index (χ4v) is 13.6. The van der Waals surface area contributed by atoms with Crippen molar-refractivity contribution in [2.75, 3.05) is 19.6 Å². The van der Waals surface area contributed by atoms with E-state index in [0.29, 0.717) is 0 Å². The van der Waals surface area contributed by atoms with E-state index in [9.17, 15) is 0 Å². The summed E-state index contributed by atoms with van der Waals surface area (Å²) >= 11 is 0. The van der Waals surface area contributed by atoms with Crippen molar-refractivity contribution >= 4 is 136 Å². The van der Waals surface area contributed by atoms with Crippen LogP contribution in [-0.4, -0.2) is 13.4 Å². The normalized spacial score (nSPS) is 13.0. The molecule has 6 nitrogen and oxygen atoms in total. The lowest BCUT2D eigenvalue weighted by atomic mass is 9.31. The molecule has 17 rings (SSSR count). The third-order valence-corrected chi connectivity index (χ3v) is 17.0. The first-order valence-corrected chi connectivity index (χ1v) is 28.1. The van der Waals surface area contributed by atoms with Crippen LogP contribution in [0, 0.1) is 0 Å². The Bertz CT molecular complexity index is 4290. The predicted molar refractivity (Wildman–Crippen MR) is 343 cm³/mol. The van der Waals surface area contributed by atoms with Crippen molar-refractivity contribution in [3.05, 3.63) is 291 Å². The molecule has 13 aromatic carbocycles. The molecule has 0 radical (unpaired) electrons. The zero-order valence-electron chi connectivity index (χ0n) is 44.5. The van der Waals surface area contributed by atoms with Crippen LogP contribution in [-0.2, 0) is 0 Å². The Morgan fingerprint density at radius 3 is 0.988 bits per heavy atom. The van der Waals surface area contributed by atoms with Crippen molar-refractivity contribution in [2.45, 2.75) is 0 Å². The number of hydrogen-bond donors (Lipinski definition) is 0. The molecule has 0 fully saturated rings. The molecule has 0 saturated carbocycles. The summed E-state index contributed by atoms with van der Waals surface area (Å²) in [6, 6.07) is 105. The summed E-state index contributed by atoms with van der Waals surface area (Å²) in [5.74, 6) is 3.25. The van der Waals surface area contributed by atoms with Crippen LogP contribution in [0.1, 0.15) is 0 Å². The zero-order valence-corrected chi connectivity index (χ0v) is 44.5. The summed E-state index contributed by atoms with van der Waals surface area (Å²) in [6.07, 6.45) is 0. The minimum atomic E-state index is -0.155. The standard InChI is InChI=1S/C74H48B2N4O2/c1-7-23-51(24-8-1)77(52-25-9-2-10-26-52)57-39-41-59-49(43-57)45-69-71-73(59)79(55-31-15-5-16-32-55)65-37-21-19-35-61(65)75(71)63-47-64-68(48-67(63)81-69)82-70-46-50-44-58(78(53-27-11-3-12-28-53)54-29-13-4-14-30-54)40-42-60(50)74-72(70)76(64)62-36-20-22-38-66(62)80(74)56-33-17-6-18-34-56/h1-48H. The Hall–Kier alpha value is -10.7. The summed E-state index contributed by atoms with van der Waals surface area (Å²) in [4.78, 5) is 9.58. The first kappa shape index (κ1) is 46.2. The summed E-state index contributed by atoms with van der Waals surface area (Å²) in [5, 5.41) is 4.44. The lowest BCUT2D eigenvalue weighted by molar-refractivity contribution is 0.466. The molecule has 82 heavy (non-hydrogen) atoms. The van der Waals surface area contributed by atoms with Gasteiger partial charge in [0.15, 0.2) is 0 Å². The van der Waals surface area contributed by atoms with Crippen LogP contribution in [0.2, 0.25) is 0 Å². The van der Waals surface area contributed by atoms with Gasteiger partial charge in [0, 0.05) is 73.7 Å². The number of hydrogen-bond acceptors (Lipinski definition) is 6. The lowest BCUT2D eigenvalue weighted by Gasteiger charge is -2.43. The van der Waals surface area contributed by atoms with E-state index in [1.807, 2.05) is 0 Å². The van der Waals surface area contributed by atoms with E-state index in [-0.39, 0.29) is 13.4 Å². The number of benzene rings is 13. The van der Waals surface area contributed by atoms with Crippen LogP contribution >= 0.6 is 0 Å². The molecule has 0 unspecified atom stereocenters. The van der Waals surface area contributed by atoms with Gasteiger partial charge in [-0.15, -0.1) is 0 Å². The number of nitrogens with zero attached hydrogens (tertiary/aromatic N) is 4. The molecule has 0 N–H and O–H groups in total. The highest BCUT2D eigenvalue weighted by atomic mass is 16.5. The van der Waals surface area contributed by atoms with Gasteiger partial charge in [0.25, 0.3) is 13.4 Å². The van der Waals surface area contributed by atoms with Crippen LogP contribution in [0.4, 0.5) is 68.2 Å². The fourth-order valence-electron chi connectivity index (χ4n) is 13.6. The summed E-state index contributed by atoms with van der Waals surface area (Å²) < 4.78 is 14.9. The highest BCUT2D eigenvalue weighted by Crippen LogP contribution is 2.50. The van der Waals surface area contributed by atoms with Crippen LogP contribution < -0.4 is 61.9 Å². The summed E-state index contributed by atoms with van der Waals surface area (Å²) in [5.41, 5.74) is 20.1. The van der Waals surface area contributed by atoms with Crippen molar-refractivity contribution in [1.29, 1.82) is 0 Å². The van der Waals surface area contributed by atoms with Crippen LogP contribution in [0.15, 0.2) is 291 Å². The van der Waals surface area contributed by atoms with Crippen molar-refractivity contribution in [2.24, 2.45) is 0 Å². The molecule has 0 atom stereocenters. The van der Waals surface area contributed by atoms with Crippen LogP contribution in [0.3, 0.4) is 0 Å². The number of ether oxygens (including phenoxy) is 2. The van der Waals surface area contributed by atoms with Gasteiger partial charge in [-0.1, -0.05) is 164 Å². The molecule has 4 aliphatic heterocycles. The summed E-state index contributed by atoms with van der Waals surface area (Å²) in [7, 11) is 0. The van der Waals surface area contributed by atoms with E-state index in [0.717, 1.165) is 135 Å². The van der Waals surface area contributed by atoms with Gasteiger partial charge in [-0.2, -0.15) is 0 Å². The topological polar surface area (TPSA) is 31.4 Å². The number of rotatable bonds is 8. The van der Waals surface area contributed by atoms with E-state index < -0.39 is 0 Å². The average Bonchev–Trinajstić information content (AvgIpc) is 3.55. The first-order chi connectivity index (χ1) is 40.7. The third-order valence-electron chi connectivity index (χ3n) is 17.0. The molecule has 0 aromatic heterocycles. The van der Waals surface area contributed by atoms with Gasteiger partial charge in [-0.25, -0.2) is 0 Å². The maximum atomic E-state index is 7.47. The monoisotopic (exact) mass is 1050 g/mol. The quantitative estimate of drug-likeness (QED) is 0.141. The highest BCUT2D eigenvalue weighted by Gasteiger charge is 2.47. The second kappa shape index (κ2) is 18.4. The molecule has 0 spiro atoms. The van der Waals surface area contributed by atoms with Gasteiger partial charge < -0.3 is 29.1 Å². The van der Waals surface area contributed by atoms with E-state index in [4.69, 9.17) is 9.47 Å². The SMILES string of the molecule is c1ccc(N(c2ccccc2)c2ccc3c4c5c(cc3c2)Oc2cc3c(cc2B5c2ccccc2N4c2ccccc2)B2c4ccccc4N(c4ccccc4)c4c2c(cc2cc(N(c5ccccc5)c5ccccc5)ccc42)O3)cc1. The molecule has 0 amide bonds. The molecule has 8 heteroatoms. The van der Waals surface area contributed by atoms with Gasteiger partial charge in [0.05, 0.1) is 11.4 Å². The molecule has 4 heterocycles. The molecule has 4 aliphatic rings. The van der Waals surface area contributed by atoms with Crippen molar-refractivity contribution < 1.29 is 9.47 Å². The van der Waals surface area contributed by atoms with E-state index in [2.05, 4.69) is 311 Å². The van der Waals surface area contributed by atoms with Gasteiger partial charge in [-0.3, -0.25) is 0 Å². The maximum Gasteiger partial charge on any atom is 0.256 e. The molecular formula is C74H48B2N4O2. The second-order valence-electron chi connectivity index (χ2n) is 21.6. The number of fused-ring (bicyclic) bond motifs is 12. The first-order valence-electron chi connectivity index (χ1n) is 28.1. The average molecular weight is 1050 g/mol. The molecule has 0 aliphatic carbocycles. The second-order valence-corrected chi connectivity index (χ2v) is 21.6. The number of anilines is 12. The van der Waals surface area contributed by atoms with E-state index in [1.165, 1.54) is 10.9 Å². The minimum absolute atomic E-state index is 0.155. The van der Waals surface area contributed by atoms with E-state index in [1.54, 1.807) is 0 Å². The summed E-state index contributed by atoms with van der Waals surface area (Å²) in [6.45, 7) is -0.311. The highest BCUT2D eigenvalue weighted by molar-refractivity contribution is 7.02. The van der Waals surface area contributed by atoms with Crippen molar-refractivity contribution in [3.63, 3.8) is 0 Å². The van der Waals surface area contributed by atoms with Gasteiger partial charge in [0.2, 0.25) is 0 Å². The molecule has 0 saturated heterocycles. The minimum Gasteiger partial charge on any atom is -0.458 e. The molecule has 382 valence electrons. The largest absolute Gasteiger partial charge is 0.458 e. The Kier molecular flexibility index (Phi) is 10.4. The zero-order chi connectivity index (χ0) is 53.8. The maximum absolute atomic E-state index is 7.47. The Morgan fingerprint density at radius 1 is 0.268 bits per heavy atom. The molecule has 0 bridgehead atoms. The van der Waals surface area contributed by atoms with Crippen LogP contribution in [0.5, 0.6) is 23.0 Å². The van der Waals surface area contributed by atoms with Crippen molar-refractivity contribution in [1.82, 2.24) is 0 Å².